The molecule has 0 aromatic carbocycles. The van der Waals surface area contributed by atoms with Gasteiger partial charge in [0.1, 0.15) is 0 Å². The fraction of sp³-hybridized carbons (Fsp3) is 0.792. The van der Waals surface area contributed by atoms with E-state index in [1.165, 1.54) is 64.2 Å². The second kappa shape index (κ2) is 21.7. The number of rotatable bonds is 19. The van der Waals surface area contributed by atoms with Gasteiger partial charge in [0.2, 0.25) is 0 Å². The van der Waals surface area contributed by atoms with Crippen molar-refractivity contribution in [3.05, 3.63) is 24.3 Å². The van der Waals surface area contributed by atoms with E-state index in [4.69, 9.17) is 4.74 Å². The van der Waals surface area contributed by atoms with Crippen molar-refractivity contribution in [3.63, 3.8) is 0 Å². The molecule has 0 N–H and O–H groups in total. The highest BCUT2D eigenvalue weighted by molar-refractivity contribution is 9.09. The summed E-state index contributed by atoms with van der Waals surface area (Å²) in [6.45, 7) is 4.26. The van der Waals surface area contributed by atoms with Gasteiger partial charge in [-0.15, -0.1) is 0 Å². The number of carbonyl (C=O) groups excluding carboxylic acids is 1. The summed E-state index contributed by atoms with van der Waals surface area (Å²) >= 11 is 3.33. The maximum absolute atomic E-state index is 11.5. The first-order valence-electron chi connectivity index (χ1n) is 11.3. The third-order valence-electron chi connectivity index (χ3n) is 4.66. The Balaban J connectivity index is 3.32. The Hall–Kier alpha value is -0.570. The SMILES string of the molecule is CCCCC/C=C\C/C=C\CCCCCCCCC(C)OC(=O)CCCBr. The van der Waals surface area contributed by atoms with Gasteiger partial charge in [-0.2, -0.15) is 0 Å². The molecule has 0 aliphatic carbocycles. The molecule has 0 amide bonds. The Labute approximate surface area is 177 Å². The highest BCUT2D eigenvalue weighted by Gasteiger charge is 2.08. The van der Waals surface area contributed by atoms with Gasteiger partial charge < -0.3 is 4.74 Å². The predicted octanol–water partition coefficient (Wildman–Crippen LogP) is 8.30. The molecule has 0 saturated carbocycles. The normalized spacial score (nSPS) is 12.9. The van der Waals surface area contributed by atoms with Gasteiger partial charge in [0, 0.05) is 11.8 Å². The Morgan fingerprint density at radius 2 is 1.44 bits per heavy atom. The van der Waals surface area contributed by atoms with Crippen molar-refractivity contribution in [2.24, 2.45) is 0 Å². The van der Waals surface area contributed by atoms with E-state index in [1.54, 1.807) is 0 Å². The molecule has 3 heteroatoms. The van der Waals surface area contributed by atoms with Gasteiger partial charge in [-0.3, -0.25) is 4.79 Å². The third kappa shape index (κ3) is 21.6. The van der Waals surface area contributed by atoms with Gasteiger partial charge in [0.25, 0.3) is 0 Å². The summed E-state index contributed by atoms with van der Waals surface area (Å²) in [5.41, 5.74) is 0. The van der Waals surface area contributed by atoms with Crippen LogP contribution < -0.4 is 0 Å². The number of carbonyl (C=O) groups is 1. The highest BCUT2D eigenvalue weighted by Crippen LogP contribution is 2.12. The molecule has 1 atom stereocenters. The molecular formula is C24H43BrO2. The predicted molar refractivity (Wildman–Crippen MR) is 123 cm³/mol. The molecule has 0 aromatic heterocycles. The summed E-state index contributed by atoms with van der Waals surface area (Å²) < 4.78 is 5.40. The molecular weight excluding hydrogens is 400 g/mol. The van der Waals surface area contributed by atoms with Crippen molar-refractivity contribution in [1.82, 2.24) is 0 Å². The quantitative estimate of drug-likeness (QED) is 0.0868. The lowest BCUT2D eigenvalue weighted by Crippen LogP contribution is -2.14. The van der Waals surface area contributed by atoms with Crippen LogP contribution in [0.25, 0.3) is 0 Å². The van der Waals surface area contributed by atoms with E-state index in [0.29, 0.717) is 6.42 Å². The van der Waals surface area contributed by atoms with Crippen LogP contribution in [0, 0.1) is 0 Å². The van der Waals surface area contributed by atoms with Crippen LogP contribution in [0.5, 0.6) is 0 Å². The zero-order chi connectivity index (χ0) is 20.0. The van der Waals surface area contributed by atoms with Crippen molar-refractivity contribution < 1.29 is 9.53 Å². The summed E-state index contributed by atoms with van der Waals surface area (Å²) in [7, 11) is 0. The van der Waals surface area contributed by atoms with Crippen molar-refractivity contribution in [1.29, 1.82) is 0 Å². The van der Waals surface area contributed by atoms with Crippen molar-refractivity contribution in [2.75, 3.05) is 5.33 Å². The first-order chi connectivity index (χ1) is 13.2. The second-order valence-electron chi connectivity index (χ2n) is 7.47. The molecule has 1 unspecified atom stereocenters. The number of halogens is 1. The average Bonchev–Trinajstić information content (AvgIpc) is 2.66. The lowest BCUT2D eigenvalue weighted by atomic mass is 10.1. The van der Waals surface area contributed by atoms with Gasteiger partial charge in [0.15, 0.2) is 0 Å². The Kier molecular flexibility index (Phi) is 21.3. The number of alkyl halides is 1. The van der Waals surface area contributed by atoms with Gasteiger partial charge >= 0.3 is 5.97 Å². The summed E-state index contributed by atoms with van der Waals surface area (Å²) in [6.07, 6.45) is 26.9. The van der Waals surface area contributed by atoms with Crippen LogP contribution in [0.2, 0.25) is 0 Å². The van der Waals surface area contributed by atoms with E-state index in [-0.39, 0.29) is 12.1 Å². The van der Waals surface area contributed by atoms with E-state index in [0.717, 1.165) is 31.0 Å². The smallest absolute Gasteiger partial charge is 0.306 e. The molecule has 0 heterocycles. The summed E-state index contributed by atoms with van der Waals surface area (Å²) in [5, 5.41) is 0.864. The van der Waals surface area contributed by atoms with Crippen LogP contribution in [0.15, 0.2) is 24.3 Å². The van der Waals surface area contributed by atoms with Crippen LogP contribution in [0.3, 0.4) is 0 Å². The molecule has 0 fully saturated rings. The molecule has 0 saturated heterocycles. The largest absolute Gasteiger partial charge is 0.463 e. The van der Waals surface area contributed by atoms with Crippen LogP contribution >= 0.6 is 15.9 Å². The van der Waals surface area contributed by atoms with Gasteiger partial charge in [-0.1, -0.05) is 85.7 Å². The monoisotopic (exact) mass is 442 g/mol. The minimum absolute atomic E-state index is 0.0537. The Morgan fingerprint density at radius 1 is 0.852 bits per heavy atom. The number of allylic oxidation sites excluding steroid dienone is 4. The van der Waals surface area contributed by atoms with Gasteiger partial charge in [-0.25, -0.2) is 0 Å². The van der Waals surface area contributed by atoms with E-state index in [2.05, 4.69) is 47.2 Å². The zero-order valence-electron chi connectivity index (χ0n) is 17.9. The number of unbranched alkanes of at least 4 members (excludes halogenated alkanes) is 9. The van der Waals surface area contributed by atoms with Crippen molar-refractivity contribution in [3.8, 4) is 0 Å². The van der Waals surface area contributed by atoms with Gasteiger partial charge in [-0.05, 0) is 58.3 Å². The third-order valence-corrected chi connectivity index (χ3v) is 5.22. The highest BCUT2D eigenvalue weighted by atomic mass is 79.9. The molecule has 0 aliphatic heterocycles. The average molecular weight is 444 g/mol. The molecule has 0 radical (unpaired) electrons. The van der Waals surface area contributed by atoms with Crippen LogP contribution in [-0.2, 0) is 9.53 Å². The van der Waals surface area contributed by atoms with Gasteiger partial charge in [0.05, 0.1) is 6.10 Å². The van der Waals surface area contributed by atoms with Crippen molar-refractivity contribution >= 4 is 21.9 Å². The standard InChI is InChI=1S/C24H43BrO2/c1-3-4-5-6-7-8-9-10-11-12-13-14-15-16-17-18-20-23(2)27-24(26)21-19-22-25/h7-8,10-11,23H,3-6,9,12-22H2,1-2H3/b8-7-,11-10-. The fourth-order valence-corrected chi connectivity index (χ4v) is 3.25. The Morgan fingerprint density at radius 3 is 2.07 bits per heavy atom. The molecule has 158 valence electrons. The first-order valence-corrected chi connectivity index (χ1v) is 12.4. The summed E-state index contributed by atoms with van der Waals surface area (Å²) in [5.74, 6) is -0.0537. The topological polar surface area (TPSA) is 26.3 Å². The van der Waals surface area contributed by atoms with Crippen LogP contribution in [-0.4, -0.2) is 17.4 Å². The van der Waals surface area contributed by atoms with Crippen LogP contribution in [0.4, 0.5) is 0 Å². The number of ether oxygens (including phenoxy) is 1. The number of hydrogen-bond donors (Lipinski definition) is 0. The second-order valence-corrected chi connectivity index (χ2v) is 8.26. The molecule has 0 bridgehead atoms. The summed E-state index contributed by atoms with van der Waals surface area (Å²) in [6, 6.07) is 0. The summed E-state index contributed by atoms with van der Waals surface area (Å²) in [4.78, 5) is 11.5. The van der Waals surface area contributed by atoms with E-state index >= 15 is 0 Å². The maximum Gasteiger partial charge on any atom is 0.306 e. The molecule has 0 spiro atoms. The lowest BCUT2D eigenvalue weighted by Gasteiger charge is -2.12. The van der Waals surface area contributed by atoms with Crippen molar-refractivity contribution in [2.45, 2.75) is 116 Å². The number of esters is 1. The number of hydrogen-bond acceptors (Lipinski definition) is 2. The molecule has 0 aliphatic rings. The molecule has 27 heavy (non-hydrogen) atoms. The van der Waals surface area contributed by atoms with E-state index < -0.39 is 0 Å². The molecule has 0 aromatic rings. The maximum atomic E-state index is 11.5. The van der Waals surface area contributed by atoms with E-state index in [9.17, 15) is 4.79 Å². The van der Waals surface area contributed by atoms with Crippen LogP contribution in [0.1, 0.15) is 110 Å². The first kappa shape index (κ1) is 26.4. The fourth-order valence-electron chi connectivity index (χ4n) is 2.97. The minimum Gasteiger partial charge on any atom is -0.463 e. The molecule has 0 rings (SSSR count). The lowest BCUT2D eigenvalue weighted by molar-refractivity contribution is -0.148. The molecule has 2 nitrogen and oxygen atoms in total. The zero-order valence-corrected chi connectivity index (χ0v) is 19.5. The Bertz CT molecular complexity index is 377. The van der Waals surface area contributed by atoms with E-state index in [1.807, 2.05) is 6.92 Å². The minimum atomic E-state index is -0.0537.